The van der Waals surface area contributed by atoms with E-state index in [9.17, 15) is 5.11 Å². The molecule has 0 aliphatic heterocycles. The first-order valence-electron chi connectivity index (χ1n) is 5.60. The summed E-state index contributed by atoms with van der Waals surface area (Å²) in [5.74, 6) is 2.56. The van der Waals surface area contributed by atoms with Crippen molar-refractivity contribution in [2.24, 2.45) is 0 Å². The van der Waals surface area contributed by atoms with E-state index >= 15 is 0 Å². The molecule has 0 fully saturated rings. The predicted octanol–water partition coefficient (Wildman–Crippen LogP) is 4.12. The smallest absolute Gasteiger partial charge is 0.119 e. The molecule has 1 rings (SSSR count). The van der Waals surface area contributed by atoms with Crippen LogP contribution in [0.1, 0.15) is 37.3 Å². The highest BCUT2D eigenvalue weighted by Crippen LogP contribution is 2.23. The number of hydrogen-bond donors (Lipinski definition) is 1. The Labute approximate surface area is 96.9 Å². The number of aromatic hydroxyl groups is 1. The van der Waals surface area contributed by atoms with Crippen LogP contribution in [0, 0.1) is 6.92 Å². The highest BCUT2D eigenvalue weighted by Gasteiger charge is 2.00. The van der Waals surface area contributed by atoms with E-state index in [0.717, 1.165) is 16.9 Å². The monoisotopic (exact) mass is 224 g/mol. The Balaban J connectivity index is 2.31. The van der Waals surface area contributed by atoms with Gasteiger partial charge >= 0.3 is 0 Å². The van der Waals surface area contributed by atoms with E-state index in [0.29, 0.717) is 5.75 Å². The quantitative estimate of drug-likeness (QED) is 0.733. The topological polar surface area (TPSA) is 20.2 Å². The molecule has 1 nitrogen and oxygen atoms in total. The normalized spacial score (nSPS) is 10.5. The molecule has 0 saturated carbocycles. The molecule has 84 valence electrons. The fraction of sp³-hybridized carbons (Fsp3) is 0.538. The molecule has 0 atom stereocenters. The Kier molecular flexibility index (Phi) is 5.62. The molecule has 1 aromatic carbocycles. The average molecular weight is 224 g/mol. The first-order chi connectivity index (χ1) is 7.24. The van der Waals surface area contributed by atoms with Crippen molar-refractivity contribution in [1.82, 2.24) is 0 Å². The van der Waals surface area contributed by atoms with Gasteiger partial charge in [0.15, 0.2) is 0 Å². The molecule has 0 heterocycles. The Morgan fingerprint density at radius 2 is 2.07 bits per heavy atom. The van der Waals surface area contributed by atoms with Crippen LogP contribution in [0.4, 0.5) is 0 Å². The van der Waals surface area contributed by atoms with Gasteiger partial charge in [-0.3, -0.25) is 0 Å². The van der Waals surface area contributed by atoms with E-state index in [2.05, 4.69) is 13.0 Å². The van der Waals surface area contributed by atoms with Crippen LogP contribution in [0.25, 0.3) is 0 Å². The number of aryl methyl sites for hydroxylation is 1. The summed E-state index contributed by atoms with van der Waals surface area (Å²) in [5.41, 5.74) is 2.18. The zero-order chi connectivity index (χ0) is 11.1. The van der Waals surface area contributed by atoms with Crippen LogP contribution >= 0.6 is 11.8 Å². The van der Waals surface area contributed by atoms with Gasteiger partial charge < -0.3 is 5.11 Å². The maximum Gasteiger partial charge on any atom is 0.119 e. The predicted molar refractivity (Wildman–Crippen MR) is 68.5 cm³/mol. The first-order valence-corrected chi connectivity index (χ1v) is 6.75. The van der Waals surface area contributed by atoms with E-state index in [1.807, 2.05) is 30.8 Å². The lowest BCUT2D eigenvalue weighted by Crippen LogP contribution is -1.86. The van der Waals surface area contributed by atoms with Crippen molar-refractivity contribution in [3.05, 3.63) is 29.3 Å². The van der Waals surface area contributed by atoms with Crippen LogP contribution in [0.3, 0.4) is 0 Å². The van der Waals surface area contributed by atoms with Gasteiger partial charge in [0.2, 0.25) is 0 Å². The van der Waals surface area contributed by atoms with Crippen molar-refractivity contribution in [1.29, 1.82) is 0 Å². The molecule has 1 aromatic rings. The number of benzene rings is 1. The summed E-state index contributed by atoms with van der Waals surface area (Å²) in [7, 11) is 0. The Morgan fingerprint density at radius 3 is 2.73 bits per heavy atom. The van der Waals surface area contributed by atoms with Crippen LogP contribution in [0.2, 0.25) is 0 Å². The van der Waals surface area contributed by atoms with Gasteiger partial charge in [-0.2, -0.15) is 11.8 Å². The molecule has 0 unspecified atom stereocenters. The summed E-state index contributed by atoms with van der Waals surface area (Å²) in [6.07, 6.45) is 3.87. The minimum Gasteiger partial charge on any atom is -0.508 e. The molecule has 1 N–H and O–H groups in total. The average Bonchev–Trinajstić information content (AvgIpc) is 2.20. The molecular weight excluding hydrogens is 204 g/mol. The van der Waals surface area contributed by atoms with E-state index < -0.39 is 0 Å². The van der Waals surface area contributed by atoms with Crippen molar-refractivity contribution in [3.63, 3.8) is 0 Å². The number of thioether (sulfide) groups is 1. The number of phenols is 1. The fourth-order valence-corrected chi connectivity index (χ4v) is 2.45. The van der Waals surface area contributed by atoms with Crippen LogP contribution in [-0.4, -0.2) is 10.9 Å². The van der Waals surface area contributed by atoms with E-state index in [4.69, 9.17) is 0 Å². The lowest BCUT2D eigenvalue weighted by molar-refractivity contribution is 0.470. The van der Waals surface area contributed by atoms with E-state index in [1.54, 1.807) is 0 Å². The second kappa shape index (κ2) is 6.78. The largest absolute Gasteiger partial charge is 0.508 e. The summed E-state index contributed by atoms with van der Waals surface area (Å²) in [4.78, 5) is 0. The fourth-order valence-electron chi connectivity index (χ4n) is 1.43. The van der Waals surface area contributed by atoms with Gasteiger partial charge in [-0.25, -0.2) is 0 Å². The summed E-state index contributed by atoms with van der Waals surface area (Å²) in [5, 5.41) is 9.68. The van der Waals surface area contributed by atoms with Crippen LogP contribution in [0.15, 0.2) is 18.2 Å². The summed E-state index contributed by atoms with van der Waals surface area (Å²) in [6.45, 7) is 4.22. The van der Waals surface area contributed by atoms with E-state index in [1.165, 1.54) is 25.0 Å². The maximum atomic E-state index is 9.68. The van der Waals surface area contributed by atoms with Crippen molar-refractivity contribution in [2.75, 3.05) is 5.75 Å². The molecule has 0 aliphatic rings. The summed E-state index contributed by atoms with van der Waals surface area (Å²) < 4.78 is 0. The zero-order valence-corrected chi connectivity index (χ0v) is 10.4. The van der Waals surface area contributed by atoms with E-state index in [-0.39, 0.29) is 0 Å². The van der Waals surface area contributed by atoms with Gasteiger partial charge in [0.25, 0.3) is 0 Å². The molecular formula is C13H20OS. The summed E-state index contributed by atoms with van der Waals surface area (Å²) in [6, 6.07) is 5.92. The number of phenolic OH excluding ortho intramolecular Hbond substituents is 1. The first kappa shape index (κ1) is 12.4. The number of rotatable bonds is 6. The Morgan fingerprint density at radius 1 is 1.27 bits per heavy atom. The standard InChI is InChI=1S/C13H20OS/c1-3-4-5-8-15-10-12-7-6-11(2)9-13(12)14/h6-7,9,14H,3-5,8,10H2,1-2H3. The molecule has 0 spiro atoms. The molecule has 0 bridgehead atoms. The molecule has 0 radical (unpaired) electrons. The maximum absolute atomic E-state index is 9.68. The Bertz CT molecular complexity index is 297. The number of hydrogen-bond acceptors (Lipinski definition) is 2. The third-order valence-electron chi connectivity index (χ3n) is 2.39. The molecule has 15 heavy (non-hydrogen) atoms. The third-order valence-corrected chi connectivity index (χ3v) is 3.48. The highest BCUT2D eigenvalue weighted by atomic mass is 32.2. The van der Waals surface area contributed by atoms with Crippen LogP contribution in [-0.2, 0) is 5.75 Å². The van der Waals surface area contributed by atoms with Crippen molar-refractivity contribution < 1.29 is 5.11 Å². The van der Waals surface area contributed by atoms with Crippen molar-refractivity contribution in [2.45, 2.75) is 38.9 Å². The lowest BCUT2D eigenvalue weighted by Gasteiger charge is -2.05. The third kappa shape index (κ3) is 4.61. The van der Waals surface area contributed by atoms with Gasteiger partial charge in [0, 0.05) is 11.3 Å². The minimum atomic E-state index is 0.443. The van der Waals surface area contributed by atoms with Gasteiger partial charge in [-0.15, -0.1) is 0 Å². The second-order valence-corrected chi connectivity index (χ2v) is 5.00. The lowest BCUT2D eigenvalue weighted by atomic mass is 10.1. The molecule has 0 saturated heterocycles. The van der Waals surface area contributed by atoms with Crippen LogP contribution < -0.4 is 0 Å². The van der Waals surface area contributed by atoms with Gasteiger partial charge in [0.1, 0.15) is 5.75 Å². The van der Waals surface area contributed by atoms with Gasteiger partial charge in [-0.05, 0) is 30.7 Å². The second-order valence-electron chi connectivity index (χ2n) is 3.89. The van der Waals surface area contributed by atoms with Crippen molar-refractivity contribution in [3.8, 4) is 5.75 Å². The minimum absolute atomic E-state index is 0.443. The molecule has 0 amide bonds. The molecule has 2 heteroatoms. The summed E-state index contributed by atoms with van der Waals surface area (Å²) >= 11 is 1.91. The zero-order valence-electron chi connectivity index (χ0n) is 9.62. The highest BCUT2D eigenvalue weighted by molar-refractivity contribution is 7.98. The SMILES string of the molecule is CCCCCSCc1ccc(C)cc1O. The molecule has 0 aliphatic carbocycles. The Hall–Kier alpha value is -0.630. The van der Waals surface area contributed by atoms with Gasteiger partial charge in [0.05, 0.1) is 0 Å². The number of unbranched alkanes of at least 4 members (excludes halogenated alkanes) is 2. The van der Waals surface area contributed by atoms with Crippen LogP contribution in [0.5, 0.6) is 5.75 Å². The van der Waals surface area contributed by atoms with Gasteiger partial charge in [-0.1, -0.05) is 31.9 Å². The molecule has 0 aromatic heterocycles. The van der Waals surface area contributed by atoms with Crippen molar-refractivity contribution >= 4 is 11.8 Å².